The van der Waals surface area contributed by atoms with E-state index in [1.165, 1.54) is 77.3 Å². The van der Waals surface area contributed by atoms with Gasteiger partial charge in [-0.05, 0) is 50.1 Å². The van der Waals surface area contributed by atoms with Crippen LogP contribution in [0.3, 0.4) is 0 Å². The Labute approximate surface area is 114 Å². The zero-order valence-electron chi connectivity index (χ0n) is 12.4. The van der Waals surface area contributed by atoms with Gasteiger partial charge >= 0.3 is 0 Å². The lowest BCUT2D eigenvalue weighted by molar-refractivity contribution is 0.246. The quantitative estimate of drug-likeness (QED) is 0.530. The Kier molecular flexibility index (Phi) is 6.54. The van der Waals surface area contributed by atoms with Crippen LogP contribution in [0.15, 0.2) is 0 Å². The summed E-state index contributed by atoms with van der Waals surface area (Å²) in [4.78, 5) is 0. The molecule has 1 heteroatoms. The molecule has 106 valence electrons. The minimum absolute atomic E-state index is 0.986. The highest BCUT2D eigenvalue weighted by Gasteiger charge is 2.27. The first kappa shape index (κ1) is 14.4. The zero-order chi connectivity index (χ0) is 12.6. The predicted octanol–water partition coefficient (Wildman–Crippen LogP) is 4.76. The molecule has 0 amide bonds. The van der Waals surface area contributed by atoms with Crippen molar-refractivity contribution in [2.75, 3.05) is 13.1 Å². The molecule has 2 aliphatic carbocycles. The van der Waals surface area contributed by atoms with Crippen LogP contribution < -0.4 is 5.32 Å². The molecule has 18 heavy (non-hydrogen) atoms. The second kappa shape index (κ2) is 8.19. The van der Waals surface area contributed by atoms with Gasteiger partial charge in [0.25, 0.3) is 0 Å². The summed E-state index contributed by atoms with van der Waals surface area (Å²) < 4.78 is 0. The lowest BCUT2D eigenvalue weighted by Crippen LogP contribution is -2.29. The van der Waals surface area contributed by atoms with E-state index in [9.17, 15) is 0 Å². The Morgan fingerprint density at radius 2 is 1.50 bits per heavy atom. The van der Waals surface area contributed by atoms with Crippen molar-refractivity contribution in [1.29, 1.82) is 0 Å². The molecule has 0 spiro atoms. The van der Waals surface area contributed by atoms with Crippen molar-refractivity contribution in [1.82, 2.24) is 5.32 Å². The molecule has 0 heterocycles. The molecule has 0 aromatic rings. The van der Waals surface area contributed by atoms with E-state index in [0.29, 0.717) is 0 Å². The molecule has 2 aliphatic rings. The average Bonchev–Trinajstić information content (AvgIpc) is 2.78. The molecule has 0 aromatic heterocycles. The molecule has 0 aliphatic heterocycles. The number of hydrogen-bond donors (Lipinski definition) is 1. The summed E-state index contributed by atoms with van der Waals surface area (Å²) in [5.74, 6) is 3.11. The molecule has 2 atom stereocenters. The molecule has 2 rings (SSSR count). The first-order valence-corrected chi connectivity index (χ1v) is 8.61. The predicted molar refractivity (Wildman–Crippen MR) is 79.8 cm³/mol. The summed E-state index contributed by atoms with van der Waals surface area (Å²) in [7, 11) is 0. The third-order valence-electron chi connectivity index (χ3n) is 5.26. The SMILES string of the molecule is CCCNCC1CCCCCC1CC1CCCC1. The van der Waals surface area contributed by atoms with Gasteiger partial charge in [0.1, 0.15) is 0 Å². The Morgan fingerprint density at radius 1 is 0.833 bits per heavy atom. The van der Waals surface area contributed by atoms with Gasteiger partial charge < -0.3 is 5.32 Å². The molecule has 2 unspecified atom stereocenters. The van der Waals surface area contributed by atoms with Gasteiger partial charge in [0, 0.05) is 0 Å². The normalized spacial score (nSPS) is 30.5. The second-order valence-corrected chi connectivity index (χ2v) is 6.75. The Bertz CT molecular complexity index is 208. The van der Waals surface area contributed by atoms with Crippen LogP contribution in [0, 0.1) is 17.8 Å². The van der Waals surface area contributed by atoms with E-state index in [1.54, 1.807) is 6.42 Å². The van der Waals surface area contributed by atoms with E-state index in [0.717, 1.165) is 17.8 Å². The fourth-order valence-corrected chi connectivity index (χ4v) is 4.18. The molecule has 0 saturated heterocycles. The highest BCUT2D eigenvalue weighted by Crippen LogP contribution is 2.38. The summed E-state index contributed by atoms with van der Waals surface area (Å²) in [6.07, 6.45) is 16.4. The monoisotopic (exact) mass is 251 g/mol. The molecule has 0 radical (unpaired) electrons. The van der Waals surface area contributed by atoms with Crippen molar-refractivity contribution in [3.63, 3.8) is 0 Å². The minimum atomic E-state index is 0.986. The maximum absolute atomic E-state index is 3.69. The van der Waals surface area contributed by atoms with Crippen LogP contribution in [0.4, 0.5) is 0 Å². The van der Waals surface area contributed by atoms with Crippen LogP contribution in [-0.4, -0.2) is 13.1 Å². The highest BCUT2D eigenvalue weighted by molar-refractivity contribution is 4.80. The maximum atomic E-state index is 3.69. The summed E-state index contributed by atoms with van der Waals surface area (Å²) in [6.45, 7) is 4.79. The van der Waals surface area contributed by atoms with Crippen molar-refractivity contribution in [2.45, 2.75) is 77.6 Å². The third-order valence-corrected chi connectivity index (χ3v) is 5.26. The van der Waals surface area contributed by atoms with Crippen molar-refractivity contribution in [3.05, 3.63) is 0 Å². The van der Waals surface area contributed by atoms with E-state index in [1.807, 2.05) is 0 Å². The summed E-state index contributed by atoms with van der Waals surface area (Å²) in [5.41, 5.74) is 0. The Morgan fingerprint density at radius 3 is 2.22 bits per heavy atom. The zero-order valence-corrected chi connectivity index (χ0v) is 12.4. The Hall–Kier alpha value is -0.0400. The van der Waals surface area contributed by atoms with Crippen LogP contribution in [0.1, 0.15) is 77.6 Å². The number of hydrogen-bond acceptors (Lipinski definition) is 1. The van der Waals surface area contributed by atoms with E-state index in [2.05, 4.69) is 12.2 Å². The van der Waals surface area contributed by atoms with Gasteiger partial charge in [0.05, 0.1) is 0 Å². The maximum Gasteiger partial charge on any atom is -0.00179 e. The van der Waals surface area contributed by atoms with Crippen molar-refractivity contribution >= 4 is 0 Å². The van der Waals surface area contributed by atoms with Gasteiger partial charge in [-0.2, -0.15) is 0 Å². The smallest absolute Gasteiger partial charge is 0.00179 e. The highest BCUT2D eigenvalue weighted by atomic mass is 14.9. The van der Waals surface area contributed by atoms with Crippen molar-refractivity contribution in [2.24, 2.45) is 17.8 Å². The van der Waals surface area contributed by atoms with Crippen LogP contribution in [0.2, 0.25) is 0 Å². The van der Waals surface area contributed by atoms with E-state index in [4.69, 9.17) is 0 Å². The van der Waals surface area contributed by atoms with Gasteiger partial charge in [-0.15, -0.1) is 0 Å². The topological polar surface area (TPSA) is 12.0 Å². The number of rotatable bonds is 6. The summed E-state index contributed by atoms with van der Waals surface area (Å²) in [6, 6.07) is 0. The van der Waals surface area contributed by atoms with Crippen LogP contribution >= 0.6 is 0 Å². The van der Waals surface area contributed by atoms with Gasteiger partial charge in [0.15, 0.2) is 0 Å². The molecule has 1 nitrogen and oxygen atoms in total. The largest absolute Gasteiger partial charge is 0.316 e. The van der Waals surface area contributed by atoms with Crippen LogP contribution in [0.5, 0.6) is 0 Å². The van der Waals surface area contributed by atoms with E-state index >= 15 is 0 Å². The lowest BCUT2D eigenvalue weighted by atomic mass is 9.80. The van der Waals surface area contributed by atoms with Gasteiger partial charge in [-0.3, -0.25) is 0 Å². The molecule has 0 bridgehead atoms. The Balaban J connectivity index is 1.80. The molecule has 1 N–H and O–H groups in total. The second-order valence-electron chi connectivity index (χ2n) is 6.75. The minimum Gasteiger partial charge on any atom is -0.316 e. The van der Waals surface area contributed by atoms with Crippen molar-refractivity contribution in [3.8, 4) is 0 Å². The van der Waals surface area contributed by atoms with E-state index in [-0.39, 0.29) is 0 Å². The summed E-state index contributed by atoms with van der Waals surface area (Å²) in [5, 5.41) is 3.69. The molecular formula is C17H33N. The van der Waals surface area contributed by atoms with Crippen LogP contribution in [-0.2, 0) is 0 Å². The van der Waals surface area contributed by atoms with Gasteiger partial charge in [-0.1, -0.05) is 58.3 Å². The van der Waals surface area contributed by atoms with Crippen LogP contribution in [0.25, 0.3) is 0 Å². The van der Waals surface area contributed by atoms with Gasteiger partial charge in [0.2, 0.25) is 0 Å². The van der Waals surface area contributed by atoms with Crippen molar-refractivity contribution < 1.29 is 0 Å². The fourth-order valence-electron chi connectivity index (χ4n) is 4.18. The van der Waals surface area contributed by atoms with Gasteiger partial charge in [-0.25, -0.2) is 0 Å². The van der Waals surface area contributed by atoms with E-state index < -0.39 is 0 Å². The first-order valence-electron chi connectivity index (χ1n) is 8.61. The average molecular weight is 251 g/mol. The molecule has 2 saturated carbocycles. The number of nitrogens with one attached hydrogen (secondary N) is 1. The first-order chi connectivity index (χ1) is 8.90. The standard InChI is InChI=1S/C17H33N/c1-2-12-18-14-17-11-5-3-4-10-16(17)13-15-8-6-7-9-15/h15-18H,2-14H2,1H3. The lowest BCUT2D eigenvalue weighted by Gasteiger charge is -2.28. The molecule has 0 aromatic carbocycles. The third kappa shape index (κ3) is 4.57. The fraction of sp³-hybridized carbons (Fsp3) is 1.00. The molecular weight excluding hydrogens is 218 g/mol. The summed E-state index contributed by atoms with van der Waals surface area (Å²) >= 11 is 0. The molecule has 2 fully saturated rings.